The SMILES string of the molecule is CCOC(=O)c1csc(-n2nc(-c3ccc(F)c(-c4ccc(C)cc4)c3)c(Cc3ccc([SH+](=O)[O-])c(F)c3)c2CC2CC2)n1. The molecule has 1 aliphatic rings. The maximum atomic E-state index is 15.2. The third-order valence-electron chi connectivity index (χ3n) is 7.62. The second-order valence-corrected chi connectivity index (χ2v) is 12.7. The summed E-state index contributed by atoms with van der Waals surface area (Å²) in [4.78, 5) is 16.6. The zero-order chi connectivity index (χ0) is 31.0. The molecule has 44 heavy (non-hydrogen) atoms. The molecule has 1 fully saturated rings. The van der Waals surface area contributed by atoms with Crippen molar-refractivity contribution in [1.29, 1.82) is 0 Å². The number of nitrogens with zero attached hydrogens (tertiary/aromatic N) is 3. The first-order valence-electron chi connectivity index (χ1n) is 14.3. The molecule has 2 heterocycles. The van der Waals surface area contributed by atoms with Gasteiger partial charge in [0.25, 0.3) is 0 Å². The van der Waals surface area contributed by atoms with E-state index in [4.69, 9.17) is 9.84 Å². The molecule has 5 aromatic rings. The van der Waals surface area contributed by atoms with Crippen molar-refractivity contribution < 1.29 is 27.1 Å². The van der Waals surface area contributed by atoms with E-state index in [1.807, 2.05) is 31.2 Å². The predicted molar refractivity (Wildman–Crippen MR) is 165 cm³/mol. The normalized spacial score (nSPS) is 13.7. The number of esters is 1. The second-order valence-electron chi connectivity index (χ2n) is 10.8. The first-order chi connectivity index (χ1) is 21.2. The smallest absolute Gasteiger partial charge is 0.357 e. The Kier molecular flexibility index (Phi) is 8.53. The molecule has 11 heteroatoms. The minimum Gasteiger partial charge on any atom is -0.612 e. The molecule has 1 atom stereocenters. The maximum Gasteiger partial charge on any atom is 0.357 e. The van der Waals surface area contributed by atoms with Crippen LogP contribution in [-0.4, -0.2) is 31.9 Å². The van der Waals surface area contributed by atoms with Gasteiger partial charge in [-0.2, -0.15) is 5.10 Å². The highest BCUT2D eigenvalue weighted by atomic mass is 32.2. The lowest BCUT2D eigenvalue weighted by molar-refractivity contribution is 0.0520. The molecule has 0 N–H and O–H groups in total. The van der Waals surface area contributed by atoms with E-state index in [0.717, 1.165) is 35.2 Å². The van der Waals surface area contributed by atoms with Crippen molar-refractivity contribution in [2.45, 2.75) is 44.4 Å². The fraction of sp³-hybridized carbons (Fsp3) is 0.242. The number of hydrogen-bond donors (Lipinski definition) is 0. The highest BCUT2D eigenvalue weighted by molar-refractivity contribution is 7.79. The van der Waals surface area contributed by atoms with Crippen molar-refractivity contribution in [2.24, 2.45) is 5.92 Å². The molecule has 0 amide bonds. The number of ether oxygens (including phenoxy) is 1. The minimum absolute atomic E-state index is 0.177. The van der Waals surface area contributed by atoms with Gasteiger partial charge >= 0.3 is 5.97 Å². The van der Waals surface area contributed by atoms with Crippen LogP contribution in [0.3, 0.4) is 0 Å². The first kappa shape index (κ1) is 30.0. The van der Waals surface area contributed by atoms with Crippen LogP contribution in [0.15, 0.2) is 70.9 Å². The van der Waals surface area contributed by atoms with Gasteiger partial charge in [0, 0.05) is 28.5 Å². The number of thiol groups is 1. The molecule has 3 aromatic carbocycles. The molecule has 226 valence electrons. The second kappa shape index (κ2) is 12.5. The molecular weight excluding hydrogens is 605 g/mol. The molecule has 0 radical (unpaired) electrons. The number of rotatable bonds is 10. The standard InChI is InChI=1S/C33H29F2N3O4S2/c1-3-42-32(39)28-18-43-33(36-28)38-29(16-20-6-7-20)25(14-21-8-13-30(44(40)41)27(35)15-21)31(37-38)23-11-12-26(34)24(17-23)22-9-4-19(2)5-10-22/h4-5,8-13,15,17-18,20,44H,3,6-7,14,16H2,1-2H3. The van der Waals surface area contributed by atoms with E-state index in [1.165, 1.54) is 29.5 Å². The van der Waals surface area contributed by atoms with Crippen LogP contribution < -0.4 is 0 Å². The Morgan fingerprint density at radius 1 is 1.07 bits per heavy atom. The van der Waals surface area contributed by atoms with E-state index < -0.39 is 22.9 Å². The van der Waals surface area contributed by atoms with Crippen molar-refractivity contribution >= 4 is 28.4 Å². The fourth-order valence-corrected chi connectivity index (χ4v) is 6.37. The monoisotopic (exact) mass is 633 g/mol. The molecule has 1 aliphatic carbocycles. The number of halogens is 2. The molecule has 0 spiro atoms. The maximum absolute atomic E-state index is 15.2. The zero-order valence-electron chi connectivity index (χ0n) is 24.0. The lowest BCUT2D eigenvalue weighted by Crippen LogP contribution is -2.08. The molecule has 1 unspecified atom stereocenters. The van der Waals surface area contributed by atoms with Gasteiger partial charge in [0.2, 0.25) is 5.13 Å². The van der Waals surface area contributed by atoms with E-state index in [1.54, 1.807) is 35.2 Å². The molecule has 0 bridgehead atoms. The van der Waals surface area contributed by atoms with Crippen molar-refractivity contribution in [3.63, 3.8) is 0 Å². The largest absolute Gasteiger partial charge is 0.612 e. The number of aromatic nitrogens is 3. The number of carbonyl (C=O) groups excluding carboxylic acids is 1. The summed E-state index contributed by atoms with van der Waals surface area (Å²) < 4.78 is 59.7. The Morgan fingerprint density at radius 2 is 1.82 bits per heavy atom. The summed E-state index contributed by atoms with van der Waals surface area (Å²) >= 11 is -1.82. The fourth-order valence-electron chi connectivity index (χ4n) is 5.17. The number of thiazole rings is 1. The molecule has 2 aromatic heterocycles. The van der Waals surface area contributed by atoms with Gasteiger partial charge in [0.1, 0.15) is 5.82 Å². The number of hydrogen-bond acceptors (Lipinski definition) is 7. The molecule has 0 saturated heterocycles. The average Bonchev–Trinajstić information content (AvgIpc) is 3.56. The molecule has 7 nitrogen and oxygen atoms in total. The first-order valence-corrected chi connectivity index (χ1v) is 16.3. The molecule has 0 aliphatic heterocycles. The van der Waals surface area contributed by atoms with Gasteiger partial charge in [-0.05, 0) is 80.5 Å². The molecule has 6 rings (SSSR count). The van der Waals surface area contributed by atoms with E-state index >= 15 is 4.39 Å². The van der Waals surface area contributed by atoms with Gasteiger partial charge < -0.3 is 9.29 Å². The van der Waals surface area contributed by atoms with E-state index in [2.05, 4.69) is 4.98 Å². The Hall–Kier alpha value is -4.06. The molecule has 1 saturated carbocycles. The van der Waals surface area contributed by atoms with E-state index in [9.17, 15) is 17.9 Å². The van der Waals surface area contributed by atoms with Crippen molar-refractivity contribution in [2.75, 3.05) is 6.61 Å². The van der Waals surface area contributed by atoms with Crippen LogP contribution in [0.2, 0.25) is 0 Å². The summed E-state index contributed by atoms with van der Waals surface area (Å²) in [5, 5.41) is 7.09. The van der Waals surface area contributed by atoms with Gasteiger partial charge in [0.05, 0.1) is 29.1 Å². The van der Waals surface area contributed by atoms with E-state index in [-0.39, 0.29) is 29.4 Å². The van der Waals surface area contributed by atoms with Crippen LogP contribution in [0.25, 0.3) is 27.5 Å². The van der Waals surface area contributed by atoms with Crippen LogP contribution in [-0.2, 0) is 32.9 Å². The Morgan fingerprint density at radius 3 is 2.50 bits per heavy atom. The summed E-state index contributed by atoms with van der Waals surface area (Å²) in [6.45, 7) is 3.91. The van der Waals surface area contributed by atoms with Crippen molar-refractivity contribution in [1.82, 2.24) is 14.8 Å². The van der Waals surface area contributed by atoms with Crippen LogP contribution in [0, 0.1) is 24.5 Å². The third kappa shape index (κ3) is 6.26. The number of benzene rings is 3. The predicted octanol–water partition coefficient (Wildman–Crippen LogP) is 7.15. The third-order valence-corrected chi connectivity index (χ3v) is 9.19. The summed E-state index contributed by atoms with van der Waals surface area (Å²) in [7, 11) is 0. The highest BCUT2D eigenvalue weighted by Crippen LogP contribution is 2.39. The lowest BCUT2D eigenvalue weighted by Gasteiger charge is -2.10. The van der Waals surface area contributed by atoms with Crippen LogP contribution >= 0.6 is 11.3 Å². The Bertz CT molecular complexity index is 1880. The van der Waals surface area contributed by atoms with Gasteiger partial charge in [-0.15, -0.1) is 15.5 Å². The zero-order valence-corrected chi connectivity index (χ0v) is 25.8. The van der Waals surface area contributed by atoms with Gasteiger partial charge in [-0.1, -0.05) is 35.9 Å². The molecular formula is C33H29F2N3O4S2. The van der Waals surface area contributed by atoms with Crippen LogP contribution in [0.4, 0.5) is 8.78 Å². The van der Waals surface area contributed by atoms with Crippen LogP contribution in [0.5, 0.6) is 0 Å². The minimum atomic E-state index is -3.08. The summed E-state index contributed by atoms with van der Waals surface area (Å²) in [5.41, 5.74) is 5.82. The lowest BCUT2D eigenvalue weighted by atomic mass is 9.94. The van der Waals surface area contributed by atoms with Crippen LogP contribution in [0.1, 0.15) is 52.6 Å². The quantitative estimate of drug-likeness (QED) is 0.0920. The van der Waals surface area contributed by atoms with Gasteiger partial charge in [-0.25, -0.2) is 23.2 Å². The van der Waals surface area contributed by atoms with Gasteiger partial charge in [0.15, 0.2) is 16.4 Å². The average molecular weight is 634 g/mol. The number of aryl methyl sites for hydroxylation is 1. The van der Waals surface area contributed by atoms with Crippen molar-refractivity contribution in [3.05, 3.63) is 106 Å². The highest BCUT2D eigenvalue weighted by Gasteiger charge is 2.30. The number of carbonyl (C=O) groups is 1. The summed E-state index contributed by atoms with van der Waals surface area (Å²) in [6, 6.07) is 16.5. The Balaban J connectivity index is 1.52. The van der Waals surface area contributed by atoms with E-state index in [0.29, 0.717) is 39.9 Å². The Labute approximate surface area is 259 Å². The summed E-state index contributed by atoms with van der Waals surface area (Å²) in [5.74, 6) is -1.29. The van der Waals surface area contributed by atoms with Crippen molar-refractivity contribution in [3.8, 4) is 27.5 Å². The van der Waals surface area contributed by atoms with Gasteiger partial charge in [-0.3, -0.25) is 0 Å². The topological polar surface area (TPSA) is 97.1 Å². The summed E-state index contributed by atoms with van der Waals surface area (Å²) in [6.07, 6.45) is 3.03.